The Morgan fingerprint density at radius 3 is 2.50 bits per heavy atom. The summed E-state index contributed by atoms with van der Waals surface area (Å²) in [4.78, 5) is 22.6. The molecule has 3 rings (SSSR count). The molecule has 1 aromatic rings. The number of aliphatic carboxylic acids is 1. The molecule has 104 valence electrons. The van der Waals surface area contributed by atoms with Gasteiger partial charge in [-0.05, 0) is 25.3 Å². The molecule has 0 aromatic heterocycles. The van der Waals surface area contributed by atoms with E-state index in [0.29, 0.717) is 0 Å². The van der Waals surface area contributed by atoms with Gasteiger partial charge in [0.25, 0.3) is 0 Å². The minimum Gasteiger partial charge on any atom is -0.477 e. The number of Topliss-reactive ketones (excluding diaryl/α,β-unsaturated/α-hetero) is 1. The summed E-state index contributed by atoms with van der Waals surface area (Å²) in [7, 11) is 0. The predicted octanol–water partition coefficient (Wildman–Crippen LogP) is 1.47. The van der Waals surface area contributed by atoms with Gasteiger partial charge < -0.3 is 15.2 Å². The van der Waals surface area contributed by atoms with E-state index in [4.69, 9.17) is 9.84 Å². The minimum absolute atomic E-state index is 0.0978. The van der Waals surface area contributed by atoms with Gasteiger partial charge in [0, 0.05) is 0 Å². The second-order valence-electron chi connectivity index (χ2n) is 5.29. The zero-order valence-electron chi connectivity index (χ0n) is 11.1. The highest BCUT2D eigenvalue weighted by molar-refractivity contribution is 6.18. The van der Waals surface area contributed by atoms with E-state index in [-0.39, 0.29) is 23.6 Å². The molecule has 2 N–H and O–H groups in total. The standard InChI is InChI=1S/C15H15NO4/c1-9-2-4-10(5-3-9)15(6-7-15)16-13-12(14(18)19)11(17)8-20-13/h2-5,16H,6-8H2,1H3,(H,18,19). The maximum absolute atomic E-state index is 11.5. The molecule has 1 fully saturated rings. The summed E-state index contributed by atoms with van der Waals surface area (Å²) in [5.41, 5.74) is 1.68. The number of aryl methyl sites for hydroxylation is 1. The van der Waals surface area contributed by atoms with Gasteiger partial charge in [-0.2, -0.15) is 0 Å². The summed E-state index contributed by atoms with van der Waals surface area (Å²) in [6.07, 6.45) is 1.79. The van der Waals surface area contributed by atoms with Crippen LogP contribution in [0.25, 0.3) is 0 Å². The molecule has 0 spiro atoms. The lowest BCUT2D eigenvalue weighted by Crippen LogP contribution is -2.30. The lowest BCUT2D eigenvalue weighted by Gasteiger charge is -2.20. The first kappa shape index (κ1) is 12.7. The maximum atomic E-state index is 11.5. The van der Waals surface area contributed by atoms with E-state index >= 15 is 0 Å². The summed E-state index contributed by atoms with van der Waals surface area (Å²) < 4.78 is 5.20. The summed E-state index contributed by atoms with van der Waals surface area (Å²) in [5.74, 6) is -1.63. The Bertz CT molecular complexity index is 611. The molecule has 1 aliphatic heterocycles. The molecule has 1 heterocycles. The van der Waals surface area contributed by atoms with Crippen molar-refractivity contribution in [1.82, 2.24) is 5.32 Å². The summed E-state index contributed by atoms with van der Waals surface area (Å²) in [6.45, 7) is 1.81. The first-order valence-electron chi connectivity index (χ1n) is 6.51. The Labute approximate surface area is 116 Å². The van der Waals surface area contributed by atoms with Crippen LogP contribution in [0.2, 0.25) is 0 Å². The molecule has 5 heteroatoms. The van der Waals surface area contributed by atoms with Crippen molar-refractivity contribution >= 4 is 11.8 Å². The molecule has 0 radical (unpaired) electrons. The molecule has 0 amide bonds. The summed E-state index contributed by atoms with van der Waals surface area (Å²) in [5, 5.41) is 12.2. The van der Waals surface area contributed by atoms with E-state index in [2.05, 4.69) is 5.32 Å². The van der Waals surface area contributed by atoms with Gasteiger partial charge in [-0.25, -0.2) is 4.79 Å². The maximum Gasteiger partial charge on any atom is 0.344 e. The third-order valence-electron chi connectivity index (χ3n) is 3.77. The Morgan fingerprint density at radius 1 is 1.30 bits per heavy atom. The van der Waals surface area contributed by atoms with Crippen LogP contribution < -0.4 is 5.32 Å². The van der Waals surface area contributed by atoms with E-state index in [9.17, 15) is 9.59 Å². The van der Waals surface area contributed by atoms with Crippen LogP contribution in [-0.2, 0) is 19.9 Å². The van der Waals surface area contributed by atoms with Crippen LogP contribution in [0.4, 0.5) is 0 Å². The van der Waals surface area contributed by atoms with Gasteiger partial charge in [-0.3, -0.25) is 4.79 Å². The van der Waals surface area contributed by atoms with E-state index in [0.717, 1.165) is 18.4 Å². The van der Waals surface area contributed by atoms with Crippen LogP contribution in [0.1, 0.15) is 24.0 Å². The van der Waals surface area contributed by atoms with Gasteiger partial charge in [-0.1, -0.05) is 29.8 Å². The fourth-order valence-corrected chi connectivity index (χ4v) is 2.42. The Balaban J connectivity index is 1.89. The molecule has 1 aliphatic carbocycles. The van der Waals surface area contributed by atoms with Gasteiger partial charge >= 0.3 is 5.97 Å². The predicted molar refractivity (Wildman–Crippen MR) is 70.8 cm³/mol. The normalized spacial score (nSPS) is 19.8. The number of benzene rings is 1. The van der Waals surface area contributed by atoms with Gasteiger partial charge in [0.1, 0.15) is 0 Å². The number of hydrogen-bond acceptors (Lipinski definition) is 4. The van der Waals surface area contributed by atoms with Crippen molar-refractivity contribution in [2.75, 3.05) is 6.61 Å². The molecule has 0 saturated heterocycles. The summed E-state index contributed by atoms with van der Waals surface area (Å²) in [6, 6.07) is 8.08. The number of ketones is 1. The highest BCUT2D eigenvalue weighted by Gasteiger charge is 2.47. The van der Waals surface area contributed by atoms with Gasteiger partial charge in [0.2, 0.25) is 11.7 Å². The minimum atomic E-state index is -1.24. The van der Waals surface area contributed by atoms with E-state index in [1.807, 2.05) is 31.2 Å². The fraction of sp³-hybridized carbons (Fsp3) is 0.333. The second kappa shape index (κ2) is 4.37. The SMILES string of the molecule is Cc1ccc(C2(NC3=C(C(=O)O)C(=O)CO3)CC2)cc1. The molecule has 2 aliphatic rings. The second-order valence-corrected chi connectivity index (χ2v) is 5.29. The molecule has 0 atom stereocenters. The molecule has 5 nitrogen and oxygen atoms in total. The van der Waals surface area contributed by atoms with E-state index < -0.39 is 11.8 Å². The van der Waals surface area contributed by atoms with Crippen LogP contribution in [0.15, 0.2) is 35.7 Å². The van der Waals surface area contributed by atoms with Gasteiger partial charge in [0.15, 0.2) is 12.2 Å². The number of ether oxygens (including phenoxy) is 1. The molecule has 1 aromatic carbocycles. The third kappa shape index (κ3) is 2.05. The van der Waals surface area contributed by atoms with Crippen LogP contribution in [0, 0.1) is 6.92 Å². The van der Waals surface area contributed by atoms with E-state index in [1.54, 1.807) is 0 Å². The van der Waals surface area contributed by atoms with Gasteiger partial charge in [0.05, 0.1) is 5.54 Å². The average Bonchev–Trinajstić information content (AvgIpc) is 3.08. The van der Waals surface area contributed by atoms with Crippen LogP contribution in [0.5, 0.6) is 0 Å². The van der Waals surface area contributed by atoms with E-state index in [1.165, 1.54) is 5.56 Å². The highest BCUT2D eigenvalue weighted by Crippen LogP contribution is 2.46. The number of rotatable bonds is 4. The Morgan fingerprint density at radius 2 is 1.95 bits per heavy atom. The number of carbonyl (C=O) groups is 2. The molecular formula is C15H15NO4. The first-order valence-corrected chi connectivity index (χ1v) is 6.51. The monoisotopic (exact) mass is 273 g/mol. The number of carboxylic acid groups (broad SMARTS) is 1. The number of carboxylic acids is 1. The lowest BCUT2D eigenvalue weighted by molar-refractivity contribution is -0.134. The van der Waals surface area contributed by atoms with Crippen molar-refractivity contribution < 1.29 is 19.4 Å². The third-order valence-corrected chi connectivity index (χ3v) is 3.77. The first-order chi connectivity index (χ1) is 9.52. The smallest absolute Gasteiger partial charge is 0.344 e. The molecule has 0 unspecified atom stereocenters. The topological polar surface area (TPSA) is 75.6 Å². The van der Waals surface area contributed by atoms with Gasteiger partial charge in [-0.15, -0.1) is 0 Å². The Kier molecular flexibility index (Phi) is 2.78. The van der Waals surface area contributed by atoms with Crippen molar-refractivity contribution in [2.24, 2.45) is 0 Å². The Hall–Kier alpha value is -2.30. The summed E-state index contributed by atoms with van der Waals surface area (Å²) >= 11 is 0. The van der Waals surface area contributed by atoms with Crippen LogP contribution in [0.3, 0.4) is 0 Å². The molecule has 0 bridgehead atoms. The number of nitrogens with one attached hydrogen (secondary N) is 1. The van der Waals surface area contributed by atoms with Crippen molar-refractivity contribution in [1.29, 1.82) is 0 Å². The molecule has 1 saturated carbocycles. The average molecular weight is 273 g/mol. The number of hydrogen-bond donors (Lipinski definition) is 2. The van der Waals surface area contributed by atoms with Crippen LogP contribution in [-0.4, -0.2) is 23.5 Å². The zero-order chi connectivity index (χ0) is 14.3. The molecular weight excluding hydrogens is 258 g/mol. The zero-order valence-corrected chi connectivity index (χ0v) is 11.1. The molecule has 20 heavy (non-hydrogen) atoms. The van der Waals surface area contributed by atoms with Crippen molar-refractivity contribution in [3.05, 3.63) is 46.8 Å². The largest absolute Gasteiger partial charge is 0.477 e. The van der Waals surface area contributed by atoms with Crippen molar-refractivity contribution in [2.45, 2.75) is 25.3 Å². The van der Waals surface area contributed by atoms with Crippen LogP contribution >= 0.6 is 0 Å². The van der Waals surface area contributed by atoms with Crippen molar-refractivity contribution in [3.8, 4) is 0 Å². The highest BCUT2D eigenvalue weighted by atomic mass is 16.5. The number of carbonyl (C=O) groups excluding carboxylic acids is 1. The lowest BCUT2D eigenvalue weighted by atomic mass is 10.0. The van der Waals surface area contributed by atoms with Crippen molar-refractivity contribution in [3.63, 3.8) is 0 Å². The quantitative estimate of drug-likeness (QED) is 0.812. The fourth-order valence-electron chi connectivity index (χ4n) is 2.42.